The Morgan fingerprint density at radius 2 is 1.00 bits per heavy atom. The molecule has 84 valence electrons. The molecule has 0 N–H and O–H groups in total. The van der Waals surface area contributed by atoms with Gasteiger partial charge in [0, 0.05) is 0 Å². The van der Waals surface area contributed by atoms with Crippen LogP contribution in [-0.4, -0.2) is 40.4 Å². The molecule has 17 heavy (non-hydrogen) atoms. The molecule has 2 aromatic carbocycles. The van der Waals surface area contributed by atoms with Crippen molar-refractivity contribution in [1.29, 1.82) is 0 Å². The van der Waals surface area contributed by atoms with Crippen LogP contribution >= 0.6 is 0 Å². The van der Waals surface area contributed by atoms with E-state index in [2.05, 4.69) is 31.2 Å². The first-order valence-electron chi connectivity index (χ1n) is 5.14. The fourth-order valence-electron chi connectivity index (χ4n) is 1.35. The molecule has 0 aliphatic rings. The van der Waals surface area contributed by atoms with Crippen molar-refractivity contribution < 1.29 is 4.74 Å². The van der Waals surface area contributed by atoms with Crippen LogP contribution in [0.1, 0.15) is 11.1 Å². The van der Waals surface area contributed by atoms with E-state index in [1.807, 2.05) is 60.7 Å². The average molecular weight is 352 g/mol. The van der Waals surface area contributed by atoms with Crippen LogP contribution < -0.4 is 0 Å². The maximum absolute atomic E-state index is 5.74. The standard InChI is InChI=1S/C14H10OSe2/c16-13(11-7-3-1-4-8-11)15-14(17)12-9-5-2-6-10-12/h1-10H. The molecular weight excluding hydrogens is 342 g/mol. The summed E-state index contributed by atoms with van der Waals surface area (Å²) in [5.41, 5.74) is 2.08. The predicted molar refractivity (Wildman–Crippen MR) is 73.7 cm³/mol. The summed E-state index contributed by atoms with van der Waals surface area (Å²) in [5.74, 6) is 0. The third kappa shape index (κ3) is 3.49. The SMILES string of the molecule is [Se]=C(OC(=[Se])c1ccccc1)c1ccccc1. The van der Waals surface area contributed by atoms with E-state index >= 15 is 0 Å². The Morgan fingerprint density at radius 1 is 0.647 bits per heavy atom. The summed E-state index contributed by atoms with van der Waals surface area (Å²) in [6.07, 6.45) is 0. The molecule has 0 heterocycles. The van der Waals surface area contributed by atoms with E-state index in [1.165, 1.54) is 0 Å². The minimum absolute atomic E-state index is 0.767. The maximum atomic E-state index is 5.74. The molecule has 0 aliphatic heterocycles. The topological polar surface area (TPSA) is 9.23 Å². The van der Waals surface area contributed by atoms with Gasteiger partial charge in [0.1, 0.15) is 0 Å². The molecule has 0 aliphatic carbocycles. The van der Waals surface area contributed by atoms with Gasteiger partial charge >= 0.3 is 117 Å². The molecule has 2 rings (SSSR count). The van der Waals surface area contributed by atoms with Gasteiger partial charge in [0.15, 0.2) is 0 Å². The first-order valence-corrected chi connectivity index (χ1v) is 6.85. The molecule has 0 aromatic heterocycles. The van der Waals surface area contributed by atoms with Crippen molar-refractivity contribution in [2.45, 2.75) is 0 Å². The van der Waals surface area contributed by atoms with E-state index in [4.69, 9.17) is 4.74 Å². The van der Waals surface area contributed by atoms with Crippen LogP contribution in [0.2, 0.25) is 0 Å². The van der Waals surface area contributed by atoms with Gasteiger partial charge < -0.3 is 0 Å². The third-order valence-corrected chi connectivity index (χ3v) is 3.54. The number of rotatable bonds is 4. The molecule has 0 saturated heterocycles. The molecule has 0 saturated carbocycles. The molecule has 0 bridgehead atoms. The minimum atomic E-state index is 0.767. The van der Waals surface area contributed by atoms with E-state index in [0.717, 1.165) is 20.3 Å². The van der Waals surface area contributed by atoms with Gasteiger partial charge in [-0.25, -0.2) is 0 Å². The molecular formula is C14H10OSe2. The zero-order chi connectivity index (χ0) is 12.1. The summed E-state index contributed by atoms with van der Waals surface area (Å²) in [7, 11) is 0. The average Bonchev–Trinajstić information content (AvgIpc) is 2.40. The molecule has 0 unspecified atom stereocenters. The fraction of sp³-hybridized carbons (Fsp3) is 0. The fourth-order valence-corrected chi connectivity index (χ4v) is 2.54. The summed E-state index contributed by atoms with van der Waals surface area (Å²) in [4.78, 5) is 0. The normalized spacial score (nSPS) is 9.65. The Morgan fingerprint density at radius 3 is 1.35 bits per heavy atom. The first-order chi connectivity index (χ1) is 8.27. The van der Waals surface area contributed by atoms with Crippen molar-refractivity contribution in [3.8, 4) is 0 Å². The number of benzene rings is 2. The van der Waals surface area contributed by atoms with E-state index in [1.54, 1.807) is 0 Å². The monoisotopic (exact) mass is 354 g/mol. The first kappa shape index (κ1) is 12.5. The van der Waals surface area contributed by atoms with Gasteiger partial charge in [0.2, 0.25) is 0 Å². The van der Waals surface area contributed by atoms with Gasteiger partial charge in [-0.2, -0.15) is 0 Å². The van der Waals surface area contributed by atoms with Crippen LogP contribution in [0.5, 0.6) is 0 Å². The summed E-state index contributed by atoms with van der Waals surface area (Å²) < 4.78 is 7.28. The number of ether oxygens (including phenoxy) is 1. The number of hydrogen-bond donors (Lipinski definition) is 0. The molecule has 0 amide bonds. The van der Waals surface area contributed by atoms with Crippen molar-refractivity contribution in [2.24, 2.45) is 0 Å². The quantitative estimate of drug-likeness (QED) is 0.762. The summed E-state index contributed by atoms with van der Waals surface area (Å²) in [5, 5.41) is 0. The molecule has 1 nitrogen and oxygen atoms in total. The Labute approximate surface area is 117 Å². The Bertz CT molecular complexity index is 471. The van der Waals surface area contributed by atoms with Crippen molar-refractivity contribution >= 4 is 40.4 Å². The Kier molecular flexibility index (Phi) is 4.47. The molecule has 3 heteroatoms. The van der Waals surface area contributed by atoms with E-state index in [0.29, 0.717) is 0 Å². The molecule has 0 spiro atoms. The Balaban J connectivity index is 2.08. The Hall–Kier alpha value is -0.981. The van der Waals surface area contributed by atoms with E-state index < -0.39 is 0 Å². The summed E-state index contributed by atoms with van der Waals surface area (Å²) in [6, 6.07) is 19.9. The second-order valence-electron chi connectivity index (χ2n) is 3.41. The molecule has 2 aromatic rings. The molecule has 0 radical (unpaired) electrons. The van der Waals surface area contributed by atoms with Crippen LogP contribution in [0.25, 0.3) is 0 Å². The van der Waals surface area contributed by atoms with Crippen LogP contribution in [-0.2, 0) is 4.74 Å². The zero-order valence-corrected chi connectivity index (χ0v) is 12.4. The predicted octanol–water partition coefficient (Wildman–Crippen LogP) is 1.70. The van der Waals surface area contributed by atoms with Crippen LogP contribution in [0.15, 0.2) is 60.7 Å². The van der Waals surface area contributed by atoms with Gasteiger partial charge in [-0.3, -0.25) is 0 Å². The van der Waals surface area contributed by atoms with Crippen LogP contribution in [0, 0.1) is 0 Å². The van der Waals surface area contributed by atoms with Gasteiger partial charge in [-0.1, -0.05) is 0 Å². The van der Waals surface area contributed by atoms with E-state index in [-0.39, 0.29) is 0 Å². The van der Waals surface area contributed by atoms with E-state index in [9.17, 15) is 0 Å². The van der Waals surface area contributed by atoms with Crippen LogP contribution in [0.3, 0.4) is 0 Å². The third-order valence-electron chi connectivity index (χ3n) is 2.20. The van der Waals surface area contributed by atoms with Crippen molar-refractivity contribution in [3.05, 3.63) is 71.8 Å². The summed E-state index contributed by atoms with van der Waals surface area (Å²) >= 11 is 5.90. The molecule has 0 fully saturated rings. The summed E-state index contributed by atoms with van der Waals surface area (Å²) in [6.45, 7) is 0. The van der Waals surface area contributed by atoms with Crippen molar-refractivity contribution in [1.82, 2.24) is 0 Å². The van der Waals surface area contributed by atoms with Gasteiger partial charge in [0.05, 0.1) is 0 Å². The van der Waals surface area contributed by atoms with Gasteiger partial charge in [-0.05, 0) is 0 Å². The van der Waals surface area contributed by atoms with Gasteiger partial charge in [-0.15, -0.1) is 0 Å². The van der Waals surface area contributed by atoms with Crippen molar-refractivity contribution in [3.63, 3.8) is 0 Å². The molecule has 0 atom stereocenters. The zero-order valence-electron chi connectivity index (χ0n) is 9.00. The number of hydrogen-bond acceptors (Lipinski definition) is 1. The second kappa shape index (κ2) is 6.09. The van der Waals surface area contributed by atoms with Crippen molar-refractivity contribution in [2.75, 3.05) is 0 Å². The second-order valence-corrected chi connectivity index (χ2v) is 4.96. The van der Waals surface area contributed by atoms with Gasteiger partial charge in [0.25, 0.3) is 0 Å². The van der Waals surface area contributed by atoms with Crippen LogP contribution in [0.4, 0.5) is 0 Å².